The van der Waals surface area contributed by atoms with E-state index in [1.165, 1.54) is 0 Å². The first-order valence-electron chi connectivity index (χ1n) is 7.68. The lowest BCUT2D eigenvalue weighted by Crippen LogP contribution is -2.51. The van der Waals surface area contributed by atoms with Crippen molar-refractivity contribution in [3.05, 3.63) is 0 Å². The molecular formula is C15H28O5. The van der Waals surface area contributed by atoms with Crippen molar-refractivity contribution >= 4 is 5.97 Å². The highest BCUT2D eigenvalue weighted by Crippen LogP contribution is 2.25. The zero-order valence-electron chi connectivity index (χ0n) is 12.7. The molecule has 0 aliphatic carbocycles. The van der Waals surface area contributed by atoms with Crippen LogP contribution in [0.3, 0.4) is 0 Å². The van der Waals surface area contributed by atoms with E-state index in [4.69, 9.17) is 9.47 Å². The van der Waals surface area contributed by atoms with E-state index in [0.717, 1.165) is 25.7 Å². The van der Waals surface area contributed by atoms with E-state index in [1.54, 1.807) is 0 Å². The van der Waals surface area contributed by atoms with Crippen molar-refractivity contribution in [2.45, 2.75) is 77.3 Å². The van der Waals surface area contributed by atoms with Crippen LogP contribution < -0.4 is 0 Å². The number of carbonyl (C=O) groups excluding carboxylic acids is 1. The van der Waals surface area contributed by atoms with Gasteiger partial charge >= 0.3 is 5.97 Å². The second-order valence-corrected chi connectivity index (χ2v) is 5.64. The molecule has 0 aromatic heterocycles. The first-order valence-corrected chi connectivity index (χ1v) is 7.68. The maximum Gasteiger partial charge on any atom is 0.309 e. The molecule has 1 aliphatic heterocycles. The number of aliphatic hydroxyl groups excluding tert-OH is 2. The van der Waals surface area contributed by atoms with Crippen LogP contribution in [0, 0.1) is 5.92 Å². The number of hydrogen-bond donors (Lipinski definition) is 2. The molecule has 0 aromatic rings. The van der Waals surface area contributed by atoms with Gasteiger partial charge in [-0.1, -0.05) is 26.7 Å². The smallest absolute Gasteiger partial charge is 0.309 e. The number of rotatable bonds is 7. The number of esters is 1. The van der Waals surface area contributed by atoms with Gasteiger partial charge in [-0.05, 0) is 19.8 Å². The Labute approximate surface area is 121 Å². The molecule has 20 heavy (non-hydrogen) atoms. The maximum atomic E-state index is 12.2. The summed E-state index contributed by atoms with van der Waals surface area (Å²) in [5.74, 6) is -0.327. The lowest BCUT2D eigenvalue weighted by Gasteiger charge is -2.37. The third-order valence-corrected chi connectivity index (χ3v) is 3.79. The summed E-state index contributed by atoms with van der Waals surface area (Å²) in [6.45, 7) is 5.67. The number of carbonyl (C=O) groups is 1. The quantitative estimate of drug-likeness (QED) is 0.697. The molecule has 4 unspecified atom stereocenters. The van der Waals surface area contributed by atoms with E-state index in [-0.39, 0.29) is 24.6 Å². The van der Waals surface area contributed by atoms with Crippen LogP contribution in [0.1, 0.15) is 52.9 Å². The van der Waals surface area contributed by atoms with Crippen LogP contribution in [-0.4, -0.2) is 47.2 Å². The minimum absolute atomic E-state index is 0.0945. The summed E-state index contributed by atoms with van der Waals surface area (Å²) in [4.78, 5) is 12.2. The SMILES string of the molecule is CCCC(CCC)C(=O)OC1CC(C)OC(CO)C1O. The fourth-order valence-electron chi connectivity index (χ4n) is 2.73. The zero-order valence-corrected chi connectivity index (χ0v) is 12.7. The van der Waals surface area contributed by atoms with E-state index in [2.05, 4.69) is 0 Å². The topological polar surface area (TPSA) is 76.0 Å². The highest BCUT2D eigenvalue weighted by atomic mass is 16.6. The molecule has 0 amide bonds. The molecule has 0 bridgehead atoms. The highest BCUT2D eigenvalue weighted by Gasteiger charge is 2.38. The van der Waals surface area contributed by atoms with Crippen LogP contribution in [0.4, 0.5) is 0 Å². The largest absolute Gasteiger partial charge is 0.459 e. The summed E-state index contributed by atoms with van der Waals surface area (Å²) < 4.78 is 10.9. The van der Waals surface area contributed by atoms with Crippen molar-refractivity contribution in [3.8, 4) is 0 Å². The van der Waals surface area contributed by atoms with Crippen LogP contribution >= 0.6 is 0 Å². The molecule has 0 spiro atoms. The zero-order chi connectivity index (χ0) is 15.1. The fraction of sp³-hybridized carbons (Fsp3) is 0.933. The Morgan fingerprint density at radius 1 is 1.35 bits per heavy atom. The van der Waals surface area contributed by atoms with E-state index in [9.17, 15) is 15.0 Å². The Kier molecular flexibility index (Phi) is 7.48. The Morgan fingerprint density at radius 3 is 2.45 bits per heavy atom. The molecule has 1 fully saturated rings. The second-order valence-electron chi connectivity index (χ2n) is 5.64. The number of hydrogen-bond acceptors (Lipinski definition) is 5. The Bertz CT molecular complexity index is 288. The summed E-state index contributed by atoms with van der Waals surface area (Å²) >= 11 is 0. The van der Waals surface area contributed by atoms with Gasteiger partial charge in [-0.2, -0.15) is 0 Å². The van der Waals surface area contributed by atoms with Gasteiger partial charge in [-0.3, -0.25) is 4.79 Å². The molecule has 1 aliphatic rings. The monoisotopic (exact) mass is 288 g/mol. The number of ether oxygens (including phenoxy) is 2. The van der Waals surface area contributed by atoms with Gasteiger partial charge in [0.1, 0.15) is 18.3 Å². The van der Waals surface area contributed by atoms with Crippen molar-refractivity contribution in [1.82, 2.24) is 0 Å². The summed E-state index contributed by atoms with van der Waals surface area (Å²) in [5.41, 5.74) is 0. The summed E-state index contributed by atoms with van der Waals surface area (Å²) in [6, 6.07) is 0. The minimum Gasteiger partial charge on any atom is -0.459 e. The normalized spacial score (nSPS) is 30.5. The Hall–Kier alpha value is -0.650. The van der Waals surface area contributed by atoms with Crippen molar-refractivity contribution in [2.24, 2.45) is 5.92 Å². The first-order chi connectivity index (χ1) is 9.53. The predicted octanol–water partition coefficient (Wildman–Crippen LogP) is 1.65. The van der Waals surface area contributed by atoms with Gasteiger partial charge in [0.05, 0.1) is 18.6 Å². The predicted molar refractivity (Wildman–Crippen MR) is 75.2 cm³/mol. The van der Waals surface area contributed by atoms with Crippen LogP contribution in [0.15, 0.2) is 0 Å². The fourth-order valence-corrected chi connectivity index (χ4v) is 2.73. The Morgan fingerprint density at radius 2 is 1.95 bits per heavy atom. The first kappa shape index (κ1) is 17.4. The van der Waals surface area contributed by atoms with Crippen molar-refractivity contribution in [2.75, 3.05) is 6.61 Å². The molecule has 4 atom stereocenters. The Balaban J connectivity index is 2.62. The highest BCUT2D eigenvalue weighted by molar-refractivity contribution is 5.72. The second kappa shape index (κ2) is 8.60. The summed E-state index contributed by atoms with van der Waals surface area (Å²) in [5, 5.41) is 19.3. The van der Waals surface area contributed by atoms with E-state index < -0.39 is 18.3 Å². The molecule has 1 heterocycles. The van der Waals surface area contributed by atoms with Crippen LogP contribution in [0.25, 0.3) is 0 Å². The summed E-state index contributed by atoms with van der Waals surface area (Å²) in [7, 11) is 0. The van der Waals surface area contributed by atoms with Gasteiger partial charge in [-0.25, -0.2) is 0 Å². The molecule has 0 radical (unpaired) electrons. The molecule has 1 rings (SSSR count). The van der Waals surface area contributed by atoms with E-state index in [1.807, 2.05) is 20.8 Å². The van der Waals surface area contributed by atoms with Crippen LogP contribution in [0.2, 0.25) is 0 Å². The van der Waals surface area contributed by atoms with Gasteiger partial charge in [0.25, 0.3) is 0 Å². The van der Waals surface area contributed by atoms with E-state index in [0.29, 0.717) is 6.42 Å². The summed E-state index contributed by atoms with van der Waals surface area (Å²) in [6.07, 6.45) is 1.61. The lowest BCUT2D eigenvalue weighted by atomic mass is 9.96. The molecule has 0 aromatic carbocycles. The van der Waals surface area contributed by atoms with Gasteiger partial charge in [0.2, 0.25) is 0 Å². The average molecular weight is 288 g/mol. The van der Waals surface area contributed by atoms with Crippen molar-refractivity contribution < 1.29 is 24.5 Å². The lowest BCUT2D eigenvalue weighted by molar-refractivity contribution is -0.199. The molecule has 0 saturated carbocycles. The number of aliphatic hydroxyl groups is 2. The molecule has 5 nitrogen and oxygen atoms in total. The van der Waals surface area contributed by atoms with Crippen molar-refractivity contribution in [3.63, 3.8) is 0 Å². The van der Waals surface area contributed by atoms with Gasteiger partial charge in [0.15, 0.2) is 0 Å². The minimum atomic E-state index is -0.955. The maximum absolute atomic E-state index is 12.2. The standard InChI is InChI=1S/C15H28O5/c1-4-6-11(7-5-2)15(18)20-12-8-10(3)19-13(9-16)14(12)17/h10-14,16-17H,4-9H2,1-3H3. The van der Waals surface area contributed by atoms with Gasteiger partial charge in [0, 0.05) is 6.42 Å². The van der Waals surface area contributed by atoms with Crippen LogP contribution in [-0.2, 0) is 14.3 Å². The molecule has 2 N–H and O–H groups in total. The molecule has 118 valence electrons. The average Bonchev–Trinajstić information content (AvgIpc) is 2.42. The molecular weight excluding hydrogens is 260 g/mol. The molecule has 1 saturated heterocycles. The van der Waals surface area contributed by atoms with Crippen LogP contribution in [0.5, 0.6) is 0 Å². The van der Waals surface area contributed by atoms with E-state index >= 15 is 0 Å². The van der Waals surface area contributed by atoms with Gasteiger partial charge in [-0.15, -0.1) is 0 Å². The van der Waals surface area contributed by atoms with Gasteiger partial charge < -0.3 is 19.7 Å². The third kappa shape index (κ3) is 4.72. The molecule has 5 heteroatoms. The van der Waals surface area contributed by atoms with Crippen molar-refractivity contribution in [1.29, 1.82) is 0 Å². The third-order valence-electron chi connectivity index (χ3n) is 3.79.